The van der Waals surface area contributed by atoms with Gasteiger partial charge in [0.1, 0.15) is 0 Å². The lowest BCUT2D eigenvalue weighted by Crippen LogP contribution is -2.23. The van der Waals surface area contributed by atoms with Crippen molar-refractivity contribution in [2.45, 2.75) is 64.7 Å². The van der Waals surface area contributed by atoms with Crippen molar-refractivity contribution in [3.8, 4) is 0 Å². The second-order valence-electron chi connectivity index (χ2n) is 5.64. The first-order chi connectivity index (χ1) is 9.11. The molecule has 0 aromatic heterocycles. The Morgan fingerprint density at radius 3 is 2.42 bits per heavy atom. The molecule has 1 amide bonds. The summed E-state index contributed by atoms with van der Waals surface area (Å²) in [4.78, 5) is 23.6. The van der Waals surface area contributed by atoms with Crippen LogP contribution in [0, 0.1) is 5.92 Å². The van der Waals surface area contributed by atoms with Gasteiger partial charge >= 0.3 is 0 Å². The lowest BCUT2D eigenvalue weighted by molar-refractivity contribution is -0.121. The maximum absolute atomic E-state index is 12.1. The normalized spacial score (nSPS) is 23.4. The van der Waals surface area contributed by atoms with Crippen molar-refractivity contribution in [1.29, 1.82) is 0 Å². The molecule has 1 aliphatic rings. The van der Waals surface area contributed by atoms with Crippen LogP contribution in [0.25, 0.3) is 0 Å². The predicted molar refractivity (Wildman–Crippen MR) is 77.9 cm³/mol. The highest BCUT2D eigenvalue weighted by molar-refractivity contribution is 5.95. The molecule has 1 unspecified atom stereocenters. The molecule has 1 rings (SSSR count). The maximum atomic E-state index is 12.1. The summed E-state index contributed by atoms with van der Waals surface area (Å²) in [5.74, 6) is 0.502. The van der Waals surface area contributed by atoms with E-state index in [0.29, 0.717) is 12.0 Å². The molecular formula is C16H27NO2. The van der Waals surface area contributed by atoms with Gasteiger partial charge in [-0.15, -0.1) is 0 Å². The molecule has 108 valence electrons. The lowest BCUT2D eigenvalue weighted by atomic mass is 9.88. The van der Waals surface area contributed by atoms with E-state index in [1.165, 1.54) is 0 Å². The van der Waals surface area contributed by atoms with Gasteiger partial charge < -0.3 is 5.32 Å². The van der Waals surface area contributed by atoms with E-state index < -0.39 is 0 Å². The minimum atomic E-state index is 0.126. The zero-order valence-electron chi connectivity index (χ0n) is 12.2. The molecule has 1 aliphatic heterocycles. The fraction of sp³-hybridized carbons (Fsp3) is 0.750. The van der Waals surface area contributed by atoms with Crippen LogP contribution in [0.2, 0.25) is 0 Å². The third-order valence-corrected chi connectivity index (χ3v) is 3.80. The van der Waals surface area contributed by atoms with Crippen molar-refractivity contribution in [3.63, 3.8) is 0 Å². The molecule has 0 aromatic carbocycles. The first-order valence-electron chi connectivity index (χ1n) is 7.57. The lowest BCUT2D eigenvalue weighted by Gasteiger charge is -2.15. The Morgan fingerprint density at radius 1 is 1.11 bits per heavy atom. The largest absolute Gasteiger partial charge is 0.356 e. The highest BCUT2D eigenvalue weighted by Crippen LogP contribution is 2.21. The molecule has 0 spiro atoms. The Balaban J connectivity index is 2.50. The molecule has 1 heterocycles. The van der Waals surface area contributed by atoms with Crippen LogP contribution in [0.15, 0.2) is 12.2 Å². The molecule has 3 nitrogen and oxygen atoms in total. The van der Waals surface area contributed by atoms with E-state index >= 15 is 0 Å². The number of allylic oxidation sites excluding steroid dienone is 1. The Kier molecular flexibility index (Phi) is 7.46. The zero-order chi connectivity index (χ0) is 14.1. The number of Topliss-reactive ketones (excluding diaryl/α,β-unsaturated/α-hetero) is 1. The van der Waals surface area contributed by atoms with E-state index in [1.54, 1.807) is 6.92 Å². The molecular weight excluding hydrogens is 238 g/mol. The molecule has 1 fully saturated rings. The highest BCUT2D eigenvalue weighted by Gasteiger charge is 2.18. The number of nitrogens with one attached hydrogen (secondary N) is 1. The Labute approximate surface area is 116 Å². The van der Waals surface area contributed by atoms with Crippen molar-refractivity contribution < 1.29 is 9.59 Å². The summed E-state index contributed by atoms with van der Waals surface area (Å²) in [6, 6.07) is 0. The van der Waals surface area contributed by atoms with E-state index in [4.69, 9.17) is 0 Å². The van der Waals surface area contributed by atoms with Gasteiger partial charge in [-0.1, -0.05) is 32.3 Å². The van der Waals surface area contributed by atoms with E-state index in [-0.39, 0.29) is 17.6 Å². The number of hydrogen-bond donors (Lipinski definition) is 1. The van der Waals surface area contributed by atoms with Gasteiger partial charge in [-0.25, -0.2) is 0 Å². The first kappa shape index (κ1) is 15.9. The summed E-state index contributed by atoms with van der Waals surface area (Å²) in [6.07, 6.45) is 8.75. The van der Waals surface area contributed by atoms with E-state index in [1.807, 2.05) is 0 Å². The van der Waals surface area contributed by atoms with Crippen LogP contribution in [0.5, 0.6) is 0 Å². The quantitative estimate of drug-likeness (QED) is 0.778. The van der Waals surface area contributed by atoms with Gasteiger partial charge in [-0.05, 0) is 38.2 Å². The summed E-state index contributed by atoms with van der Waals surface area (Å²) >= 11 is 0. The second kappa shape index (κ2) is 8.89. The first-order valence-corrected chi connectivity index (χ1v) is 7.57. The molecule has 19 heavy (non-hydrogen) atoms. The van der Waals surface area contributed by atoms with Gasteiger partial charge in [0.25, 0.3) is 0 Å². The topological polar surface area (TPSA) is 46.2 Å². The van der Waals surface area contributed by atoms with Crippen molar-refractivity contribution in [2.24, 2.45) is 5.92 Å². The molecule has 1 N–H and O–H groups in total. The predicted octanol–water partition coefficient (Wildman–Crippen LogP) is 3.39. The fourth-order valence-corrected chi connectivity index (χ4v) is 2.62. The van der Waals surface area contributed by atoms with Crippen LogP contribution in [-0.4, -0.2) is 18.2 Å². The van der Waals surface area contributed by atoms with Crippen molar-refractivity contribution in [2.75, 3.05) is 6.54 Å². The SMILES string of the molecule is C=C(C)C(=O)C1CCCCCCNC(=O)CCCC1. The van der Waals surface area contributed by atoms with Gasteiger partial charge in [0.05, 0.1) is 0 Å². The number of carbonyl (C=O) groups excluding carboxylic acids is 2. The van der Waals surface area contributed by atoms with Gasteiger partial charge in [-0.3, -0.25) is 9.59 Å². The molecule has 1 atom stereocenters. The van der Waals surface area contributed by atoms with Gasteiger partial charge in [0, 0.05) is 18.9 Å². The number of amides is 1. The van der Waals surface area contributed by atoms with Gasteiger partial charge in [0.15, 0.2) is 5.78 Å². The molecule has 1 saturated heterocycles. The third-order valence-electron chi connectivity index (χ3n) is 3.80. The Hall–Kier alpha value is -1.12. The molecule has 0 bridgehead atoms. The molecule has 0 aliphatic carbocycles. The molecule has 0 radical (unpaired) electrons. The van der Waals surface area contributed by atoms with Gasteiger partial charge in [-0.2, -0.15) is 0 Å². The van der Waals surface area contributed by atoms with E-state index in [9.17, 15) is 9.59 Å². The smallest absolute Gasteiger partial charge is 0.219 e. The van der Waals surface area contributed by atoms with Crippen LogP contribution in [-0.2, 0) is 9.59 Å². The summed E-state index contributed by atoms with van der Waals surface area (Å²) in [5.41, 5.74) is 0.673. The number of carbonyl (C=O) groups is 2. The average Bonchev–Trinajstić information content (AvgIpc) is 2.40. The van der Waals surface area contributed by atoms with Crippen LogP contribution in [0.3, 0.4) is 0 Å². The fourth-order valence-electron chi connectivity index (χ4n) is 2.62. The van der Waals surface area contributed by atoms with Crippen LogP contribution < -0.4 is 5.32 Å². The monoisotopic (exact) mass is 265 g/mol. The second-order valence-corrected chi connectivity index (χ2v) is 5.64. The molecule has 0 aromatic rings. The van der Waals surface area contributed by atoms with Crippen molar-refractivity contribution >= 4 is 11.7 Å². The average molecular weight is 265 g/mol. The van der Waals surface area contributed by atoms with E-state index in [2.05, 4.69) is 11.9 Å². The van der Waals surface area contributed by atoms with Crippen LogP contribution in [0.1, 0.15) is 64.7 Å². The van der Waals surface area contributed by atoms with E-state index in [0.717, 1.165) is 57.9 Å². The summed E-state index contributed by atoms with van der Waals surface area (Å²) in [7, 11) is 0. The Bertz CT molecular complexity index is 323. The number of hydrogen-bond acceptors (Lipinski definition) is 2. The van der Waals surface area contributed by atoms with Gasteiger partial charge in [0.2, 0.25) is 5.91 Å². The minimum Gasteiger partial charge on any atom is -0.356 e. The van der Waals surface area contributed by atoms with Crippen molar-refractivity contribution in [1.82, 2.24) is 5.32 Å². The minimum absolute atomic E-state index is 0.126. The highest BCUT2D eigenvalue weighted by atomic mass is 16.1. The zero-order valence-corrected chi connectivity index (χ0v) is 12.2. The molecule has 3 heteroatoms. The Morgan fingerprint density at radius 2 is 1.74 bits per heavy atom. The van der Waals surface area contributed by atoms with Crippen LogP contribution >= 0.6 is 0 Å². The number of ketones is 1. The standard InChI is InChI=1S/C16H27NO2/c1-13(2)16(19)14-9-5-3-4-8-12-17-15(18)11-7-6-10-14/h14H,1,3-12H2,2H3,(H,17,18). The maximum Gasteiger partial charge on any atom is 0.219 e. The van der Waals surface area contributed by atoms with Crippen molar-refractivity contribution in [3.05, 3.63) is 12.2 Å². The summed E-state index contributed by atoms with van der Waals surface area (Å²) in [5, 5.41) is 2.95. The molecule has 0 saturated carbocycles. The third kappa shape index (κ3) is 6.55. The summed E-state index contributed by atoms with van der Waals surface area (Å²) in [6.45, 7) is 6.37. The summed E-state index contributed by atoms with van der Waals surface area (Å²) < 4.78 is 0. The number of rotatable bonds is 2. The van der Waals surface area contributed by atoms with Crippen LogP contribution in [0.4, 0.5) is 0 Å².